The van der Waals surface area contributed by atoms with Gasteiger partial charge in [0.05, 0.1) is 22.7 Å². The van der Waals surface area contributed by atoms with Gasteiger partial charge in [-0.1, -0.05) is 0 Å². The first-order valence-electron chi connectivity index (χ1n) is 3.66. The van der Waals surface area contributed by atoms with Gasteiger partial charge in [0, 0.05) is 5.56 Å². The van der Waals surface area contributed by atoms with Gasteiger partial charge in [-0.25, -0.2) is 13.8 Å². The number of alkyl halides is 2. The molecule has 0 fully saturated rings. The lowest BCUT2D eigenvalue weighted by molar-refractivity contribution is 0.150. The van der Waals surface area contributed by atoms with Gasteiger partial charge in [-0.2, -0.15) is 5.26 Å². The number of hydrogen-bond acceptors (Lipinski definition) is 3. The summed E-state index contributed by atoms with van der Waals surface area (Å²) in [4.78, 5) is 3.71. The average Bonchev–Trinajstić information content (AvgIpc) is 2.11. The summed E-state index contributed by atoms with van der Waals surface area (Å²) < 4.78 is 25.2. The first-order valence-corrected chi connectivity index (χ1v) is 4.45. The lowest BCUT2D eigenvalue weighted by atomic mass is 10.1. The van der Waals surface area contributed by atoms with Gasteiger partial charge >= 0.3 is 0 Å². The van der Waals surface area contributed by atoms with Crippen LogP contribution >= 0.6 is 15.9 Å². The molecule has 0 amide bonds. The van der Waals surface area contributed by atoms with Crippen molar-refractivity contribution in [3.63, 3.8) is 0 Å². The second-order valence-electron chi connectivity index (χ2n) is 2.53. The van der Waals surface area contributed by atoms with Crippen molar-refractivity contribution in [1.82, 2.24) is 4.98 Å². The Morgan fingerprint density at radius 3 is 2.79 bits per heavy atom. The van der Waals surface area contributed by atoms with E-state index in [1.54, 1.807) is 6.07 Å². The maximum atomic E-state index is 12.5. The van der Waals surface area contributed by atoms with Gasteiger partial charge in [0.15, 0.2) is 0 Å². The van der Waals surface area contributed by atoms with Crippen molar-refractivity contribution in [3.05, 3.63) is 21.8 Å². The highest BCUT2D eigenvalue weighted by atomic mass is 79.9. The lowest BCUT2D eigenvalue weighted by Gasteiger charge is -2.07. The molecule has 0 aliphatic carbocycles. The van der Waals surface area contributed by atoms with Crippen molar-refractivity contribution in [3.8, 4) is 6.07 Å². The van der Waals surface area contributed by atoms with Gasteiger partial charge in [-0.3, -0.25) is 0 Å². The molecule has 2 N–H and O–H groups in total. The molecule has 6 heteroatoms. The predicted molar refractivity (Wildman–Crippen MR) is 50.6 cm³/mol. The van der Waals surface area contributed by atoms with Gasteiger partial charge in [-0.05, 0) is 22.0 Å². The van der Waals surface area contributed by atoms with E-state index in [2.05, 4.69) is 20.9 Å². The molecule has 1 rings (SSSR count). The second-order valence-corrected chi connectivity index (χ2v) is 3.38. The molecule has 1 heterocycles. The van der Waals surface area contributed by atoms with E-state index in [1.807, 2.05) is 0 Å². The second kappa shape index (κ2) is 4.33. The van der Waals surface area contributed by atoms with Crippen LogP contribution in [-0.4, -0.2) is 4.98 Å². The molecule has 0 spiro atoms. The number of anilines is 1. The molecule has 74 valence electrons. The molecule has 0 saturated heterocycles. The Morgan fingerprint density at radius 1 is 1.64 bits per heavy atom. The minimum Gasteiger partial charge on any atom is -0.383 e. The summed E-state index contributed by atoms with van der Waals surface area (Å²) in [6.07, 6.45) is -2.82. The van der Waals surface area contributed by atoms with Gasteiger partial charge in [-0.15, -0.1) is 0 Å². The highest BCUT2D eigenvalue weighted by molar-refractivity contribution is 9.10. The number of rotatable bonds is 2. The van der Waals surface area contributed by atoms with E-state index in [0.717, 1.165) is 0 Å². The fraction of sp³-hybridized carbons (Fsp3) is 0.250. The van der Waals surface area contributed by atoms with Gasteiger partial charge in [0.1, 0.15) is 5.82 Å². The smallest absolute Gasteiger partial charge is 0.265 e. The van der Waals surface area contributed by atoms with Crippen molar-refractivity contribution in [2.24, 2.45) is 0 Å². The fourth-order valence-electron chi connectivity index (χ4n) is 0.963. The first-order chi connectivity index (χ1) is 6.56. The molecule has 0 aromatic carbocycles. The third kappa shape index (κ3) is 2.17. The van der Waals surface area contributed by atoms with Crippen LogP contribution in [0.25, 0.3) is 0 Å². The molecule has 0 aliphatic rings. The molecule has 3 nitrogen and oxygen atoms in total. The summed E-state index contributed by atoms with van der Waals surface area (Å²) in [6, 6.07) is 2.95. The quantitative estimate of drug-likeness (QED) is 0.890. The molecular formula is C8H6BrF2N3. The van der Waals surface area contributed by atoms with E-state index in [0.29, 0.717) is 4.47 Å². The molecule has 0 radical (unpaired) electrons. The minimum absolute atomic E-state index is 0.0307. The van der Waals surface area contributed by atoms with E-state index >= 15 is 0 Å². The fourth-order valence-corrected chi connectivity index (χ4v) is 1.30. The van der Waals surface area contributed by atoms with Crippen LogP contribution in [-0.2, 0) is 6.42 Å². The van der Waals surface area contributed by atoms with Crippen LogP contribution in [0.4, 0.5) is 14.6 Å². The SMILES string of the molecule is N#CCc1nc(N)c(Br)cc1C(F)F. The standard InChI is InChI=1S/C8H6BrF2N3/c9-5-3-4(7(10)11)6(1-2-12)14-8(5)13/h3,7H,1H2,(H2,13,14). The Labute approximate surface area is 87.7 Å². The third-order valence-corrected chi connectivity index (χ3v) is 2.23. The lowest BCUT2D eigenvalue weighted by Crippen LogP contribution is -2.02. The maximum absolute atomic E-state index is 12.5. The zero-order valence-electron chi connectivity index (χ0n) is 6.97. The monoisotopic (exact) mass is 261 g/mol. The molecule has 1 aromatic rings. The van der Waals surface area contributed by atoms with Crippen LogP contribution in [0, 0.1) is 11.3 Å². The van der Waals surface area contributed by atoms with Crippen molar-refractivity contribution < 1.29 is 8.78 Å². The zero-order valence-corrected chi connectivity index (χ0v) is 8.55. The van der Waals surface area contributed by atoms with Crippen LogP contribution in [0.5, 0.6) is 0 Å². The van der Waals surface area contributed by atoms with Crippen LogP contribution in [0.2, 0.25) is 0 Å². The van der Waals surface area contributed by atoms with Gasteiger partial charge in [0.25, 0.3) is 6.43 Å². The topological polar surface area (TPSA) is 62.7 Å². The molecule has 1 aromatic heterocycles. The molecule has 14 heavy (non-hydrogen) atoms. The number of nitrogen functional groups attached to an aromatic ring is 1. The summed E-state index contributed by atoms with van der Waals surface area (Å²) >= 11 is 3.00. The van der Waals surface area contributed by atoms with Crippen LogP contribution in [0.1, 0.15) is 17.7 Å². The van der Waals surface area contributed by atoms with E-state index in [4.69, 9.17) is 11.0 Å². The number of halogens is 3. The zero-order chi connectivity index (χ0) is 10.7. The van der Waals surface area contributed by atoms with Crippen molar-refractivity contribution in [1.29, 1.82) is 5.26 Å². The van der Waals surface area contributed by atoms with E-state index in [9.17, 15) is 8.78 Å². The number of aromatic nitrogens is 1. The third-order valence-electron chi connectivity index (χ3n) is 1.60. The number of nitriles is 1. The first kappa shape index (κ1) is 10.9. The number of pyridine rings is 1. The minimum atomic E-state index is -2.65. The van der Waals surface area contributed by atoms with Crippen LogP contribution in [0.3, 0.4) is 0 Å². The highest BCUT2D eigenvalue weighted by Crippen LogP contribution is 2.28. The van der Waals surface area contributed by atoms with Crippen LogP contribution < -0.4 is 5.73 Å². The summed E-state index contributed by atoms with van der Waals surface area (Å²) in [5, 5.41) is 8.40. The Morgan fingerprint density at radius 2 is 2.29 bits per heavy atom. The molecule has 0 atom stereocenters. The number of nitrogens with zero attached hydrogens (tertiary/aromatic N) is 2. The number of hydrogen-bond donors (Lipinski definition) is 1. The Hall–Kier alpha value is -1.22. The average molecular weight is 262 g/mol. The van der Waals surface area contributed by atoms with Gasteiger partial charge < -0.3 is 5.73 Å². The van der Waals surface area contributed by atoms with Crippen molar-refractivity contribution in [2.45, 2.75) is 12.8 Å². The molecule has 0 bridgehead atoms. The van der Waals surface area contributed by atoms with Crippen molar-refractivity contribution >= 4 is 21.7 Å². The number of nitrogens with two attached hydrogens (primary N) is 1. The molecule has 0 aliphatic heterocycles. The Balaban J connectivity index is 3.25. The van der Waals surface area contributed by atoms with Crippen molar-refractivity contribution in [2.75, 3.05) is 5.73 Å². The van der Waals surface area contributed by atoms with E-state index in [-0.39, 0.29) is 23.5 Å². The summed E-state index contributed by atoms with van der Waals surface area (Å²) in [7, 11) is 0. The highest BCUT2D eigenvalue weighted by Gasteiger charge is 2.16. The Kier molecular flexibility index (Phi) is 3.36. The molecule has 0 saturated carbocycles. The van der Waals surface area contributed by atoms with Gasteiger partial charge in [0.2, 0.25) is 0 Å². The summed E-state index contributed by atoms with van der Waals surface area (Å²) in [6.45, 7) is 0. The van der Waals surface area contributed by atoms with E-state index < -0.39 is 6.43 Å². The summed E-state index contributed by atoms with van der Waals surface area (Å²) in [5.74, 6) is 0.111. The maximum Gasteiger partial charge on any atom is 0.265 e. The largest absolute Gasteiger partial charge is 0.383 e. The predicted octanol–water partition coefficient (Wildman–Crippen LogP) is 2.43. The molecule has 0 unspecified atom stereocenters. The summed E-state index contributed by atoms with van der Waals surface area (Å²) in [5.41, 5.74) is 5.18. The molecular weight excluding hydrogens is 256 g/mol. The van der Waals surface area contributed by atoms with E-state index in [1.165, 1.54) is 6.07 Å². The van der Waals surface area contributed by atoms with Crippen LogP contribution in [0.15, 0.2) is 10.5 Å². The normalized spacial score (nSPS) is 10.2. The Bertz CT molecular complexity index is 387.